The van der Waals surface area contributed by atoms with Crippen molar-refractivity contribution in [2.45, 2.75) is 0 Å². The zero-order valence-corrected chi connectivity index (χ0v) is 6.42. The lowest BCUT2D eigenvalue weighted by Crippen LogP contribution is -1.86. The fourth-order valence-corrected chi connectivity index (χ4v) is 0.724. The summed E-state index contributed by atoms with van der Waals surface area (Å²) in [6.45, 7) is 0. The molecule has 0 bridgehead atoms. The number of ether oxygens (including phenoxy) is 1. The van der Waals surface area contributed by atoms with Crippen molar-refractivity contribution in [3.8, 4) is 5.88 Å². The van der Waals surface area contributed by atoms with Crippen molar-refractivity contribution >= 4 is 6.08 Å². The van der Waals surface area contributed by atoms with E-state index in [2.05, 4.69) is 4.98 Å². The van der Waals surface area contributed by atoms with Crippen molar-refractivity contribution in [2.75, 3.05) is 7.11 Å². The summed E-state index contributed by atoms with van der Waals surface area (Å²) in [5, 5.41) is 0. The number of hydrogen-bond acceptors (Lipinski definition) is 2. The van der Waals surface area contributed by atoms with Gasteiger partial charge in [0.2, 0.25) is 5.88 Å². The summed E-state index contributed by atoms with van der Waals surface area (Å²) in [4.78, 5) is 3.75. The molecular formula is C8H7F2NO. The molecule has 0 saturated heterocycles. The van der Waals surface area contributed by atoms with E-state index in [-0.39, 0.29) is 0 Å². The molecule has 4 heteroatoms. The van der Waals surface area contributed by atoms with Crippen molar-refractivity contribution in [3.05, 3.63) is 30.0 Å². The summed E-state index contributed by atoms with van der Waals surface area (Å²) >= 11 is 0. The first kappa shape index (κ1) is 8.64. The first-order valence-electron chi connectivity index (χ1n) is 3.25. The highest BCUT2D eigenvalue weighted by molar-refractivity contribution is 5.48. The fourth-order valence-electron chi connectivity index (χ4n) is 0.724. The van der Waals surface area contributed by atoms with E-state index >= 15 is 0 Å². The molecular weight excluding hydrogens is 164 g/mol. The first-order valence-corrected chi connectivity index (χ1v) is 3.25. The van der Waals surface area contributed by atoms with Crippen molar-refractivity contribution in [1.82, 2.24) is 4.98 Å². The van der Waals surface area contributed by atoms with Crippen molar-refractivity contribution < 1.29 is 13.5 Å². The number of nitrogens with zero attached hydrogens (tertiary/aromatic N) is 1. The summed E-state index contributed by atoms with van der Waals surface area (Å²) in [6.07, 6.45) is 0.326. The standard InChI is InChI=1S/C8H7F2NO/c1-12-8-3-2-6(5-11-8)4-7(9)10/h2-5H,1H3. The molecule has 0 unspecified atom stereocenters. The zero-order valence-electron chi connectivity index (χ0n) is 6.42. The Balaban J connectivity index is 2.85. The monoisotopic (exact) mass is 171 g/mol. The minimum atomic E-state index is -1.73. The molecule has 0 atom stereocenters. The van der Waals surface area contributed by atoms with Gasteiger partial charge in [-0.15, -0.1) is 0 Å². The van der Waals surface area contributed by atoms with Gasteiger partial charge in [-0.25, -0.2) is 4.98 Å². The second-order valence-corrected chi connectivity index (χ2v) is 2.07. The van der Waals surface area contributed by atoms with Crippen LogP contribution in [0.25, 0.3) is 6.08 Å². The Morgan fingerprint density at radius 3 is 2.67 bits per heavy atom. The third-order valence-electron chi connectivity index (χ3n) is 1.24. The van der Waals surface area contributed by atoms with Gasteiger partial charge >= 0.3 is 0 Å². The molecule has 0 aromatic carbocycles. The van der Waals surface area contributed by atoms with Crippen LogP contribution in [0.2, 0.25) is 0 Å². The van der Waals surface area contributed by atoms with Gasteiger partial charge in [0.05, 0.1) is 7.11 Å². The van der Waals surface area contributed by atoms with Gasteiger partial charge in [-0.05, 0) is 11.6 Å². The maximum absolute atomic E-state index is 11.7. The molecule has 1 heterocycles. The Kier molecular flexibility index (Phi) is 2.74. The van der Waals surface area contributed by atoms with Gasteiger partial charge in [0.1, 0.15) is 0 Å². The molecule has 0 aliphatic rings. The van der Waals surface area contributed by atoms with E-state index in [0.717, 1.165) is 6.08 Å². The summed E-state index contributed by atoms with van der Waals surface area (Å²) in [5.41, 5.74) is 0.357. The summed E-state index contributed by atoms with van der Waals surface area (Å²) in [6, 6.07) is 3.03. The van der Waals surface area contributed by atoms with Gasteiger partial charge in [-0.2, -0.15) is 8.78 Å². The molecule has 0 aliphatic heterocycles. The van der Waals surface area contributed by atoms with E-state index in [4.69, 9.17) is 4.74 Å². The van der Waals surface area contributed by atoms with Crippen LogP contribution < -0.4 is 4.74 Å². The normalized spacial score (nSPS) is 9.25. The average Bonchev–Trinajstić information content (AvgIpc) is 2.05. The molecule has 12 heavy (non-hydrogen) atoms. The van der Waals surface area contributed by atoms with Crippen LogP contribution in [0.15, 0.2) is 24.4 Å². The van der Waals surface area contributed by atoms with Crippen LogP contribution in [0.3, 0.4) is 0 Å². The lowest BCUT2D eigenvalue weighted by molar-refractivity contribution is 0.397. The van der Waals surface area contributed by atoms with Crippen LogP contribution in [0.1, 0.15) is 5.56 Å². The number of pyridine rings is 1. The van der Waals surface area contributed by atoms with Crippen molar-refractivity contribution in [3.63, 3.8) is 0 Å². The maximum atomic E-state index is 11.7. The Bertz CT molecular complexity index is 278. The number of methoxy groups -OCH3 is 1. The second-order valence-electron chi connectivity index (χ2n) is 2.07. The smallest absolute Gasteiger partial charge is 0.270 e. The van der Waals surface area contributed by atoms with Gasteiger partial charge in [0.15, 0.2) is 0 Å². The Morgan fingerprint density at radius 1 is 1.50 bits per heavy atom. The fraction of sp³-hybridized carbons (Fsp3) is 0.125. The predicted molar refractivity (Wildman–Crippen MR) is 41.0 cm³/mol. The Hall–Kier alpha value is -1.45. The van der Waals surface area contributed by atoms with E-state index in [0.29, 0.717) is 11.4 Å². The molecule has 0 amide bonds. The molecule has 0 saturated carbocycles. The highest BCUT2D eigenvalue weighted by atomic mass is 19.3. The van der Waals surface area contributed by atoms with Crippen LogP contribution in [0.4, 0.5) is 8.78 Å². The molecule has 64 valence electrons. The van der Waals surface area contributed by atoms with E-state index in [9.17, 15) is 8.78 Å². The third-order valence-corrected chi connectivity index (χ3v) is 1.24. The van der Waals surface area contributed by atoms with Crippen molar-refractivity contribution in [2.24, 2.45) is 0 Å². The Morgan fingerprint density at radius 2 is 2.25 bits per heavy atom. The van der Waals surface area contributed by atoms with Gasteiger partial charge in [-0.1, -0.05) is 0 Å². The number of rotatable bonds is 2. The van der Waals surface area contributed by atoms with Crippen LogP contribution >= 0.6 is 0 Å². The summed E-state index contributed by atoms with van der Waals surface area (Å²) in [7, 11) is 1.47. The molecule has 0 radical (unpaired) electrons. The molecule has 1 rings (SSSR count). The molecule has 0 spiro atoms. The summed E-state index contributed by atoms with van der Waals surface area (Å²) < 4.78 is 28.2. The minimum absolute atomic E-state index is 0.357. The van der Waals surface area contributed by atoms with Gasteiger partial charge in [-0.3, -0.25) is 0 Å². The predicted octanol–water partition coefficient (Wildman–Crippen LogP) is 2.33. The molecule has 1 aromatic heterocycles. The number of hydrogen-bond donors (Lipinski definition) is 0. The molecule has 0 aliphatic carbocycles. The SMILES string of the molecule is COc1ccc(C=C(F)F)cn1. The van der Waals surface area contributed by atoms with Crippen LogP contribution in [0.5, 0.6) is 5.88 Å². The molecule has 2 nitrogen and oxygen atoms in total. The number of halogens is 2. The maximum Gasteiger partial charge on any atom is 0.270 e. The highest BCUT2D eigenvalue weighted by Gasteiger charge is 1.94. The van der Waals surface area contributed by atoms with Crippen LogP contribution in [-0.4, -0.2) is 12.1 Å². The largest absolute Gasteiger partial charge is 0.481 e. The summed E-state index contributed by atoms with van der Waals surface area (Å²) in [5.74, 6) is 0.409. The van der Waals surface area contributed by atoms with Crippen LogP contribution in [0, 0.1) is 0 Å². The quantitative estimate of drug-likeness (QED) is 0.681. The molecule has 0 N–H and O–H groups in total. The van der Waals surface area contributed by atoms with E-state index in [1.54, 1.807) is 0 Å². The molecule has 1 aromatic rings. The minimum Gasteiger partial charge on any atom is -0.481 e. The van der Waals surface area contributed by atoms with Crippen LogP contribution in [-0.2, 0) is 0 Å². The third kappa shape index (κ3) is 2.30. The van der Waals surface area contributed by atoms with E-state index in [1.165, 1.54) is 25.4 Å². The first-order chi connectivity index (χ1) is 5.72. The Labute approximate surface area is 68.5 Å². The van der Waals surface area contributed by atoms with E-state index < -0.39 is 6.08 Å². The average molecular weight is 171 g/mol. The van der Waals surface area contributed by atoms with E-state index in [1.807, 2.05) is 0 Å². The zero-order chi connectivity index (χ0) is 8.97. The van der Waals surface area contributed by atoms with Gasteiger partial charge < -0.3 is 4.74 Å². The van der Waals surface area contributed by atoms with Gasteiger partial charge in [0.25, 0.3) is 6.08 Å². The highest BCUT2D eigenvalue weighted by Crippen LogP contribution is 2.11. The topological polar surface area (TPSA) is 22.1 Å². The lowest BCUT2D eigenvalue weighted by Gasteiger charge is -1.96. The second kappa shape index (κ2) is 3.80. The molecule has 0 fully saturated rings. The lowest BCUT2D eigenvalue weighted by atomic mass is 10.3. The van der Waals surface area contributed by atoms with Gasteiger partial charge in [0, 0.05) is 18.3 Å². The number of aromatic nitrogens is 1. The van der Waals surface area contributed by atoms with Crippen molar-refractivity contribution in [1.29, 1.82) is 0 Å².